The third-order valence-corrected chi connectivity index (χ3v) is 6.41. The van der Waals surface area contributed by atoms with Crippen LogP contribution in [-0.2, 0) is 16.0 Å². The second kappa shape index (κ2) is 15.4. The zero-order valence-electron chi connectivity index (χ0n) is 24.5. The van der Waals surface area contributed by atoms with Crippen LogP contribution < -0.4 is 20.9 Å². The van der Waals surface area contributed by atoms with E-state index >= 15 is 0 Å². The molecule has 0 aliphatic heterocycles. The highest BCUT2D eigenvalue weighted by Crippen LogP contribution is 2.34. The molecule has 0 spiro atoms. The number of aromatic nitrogens is 3. The Labute approximate surface area is 259 Å². The maximum atomic E-state index is 13.0. The average molecular weight is 646 g/mol. The molecule has 1 atom stereocenters. The van der Waals surface area contributed by atoms with Crippen molar-refractivity contribution in [3.8, 4) is 17.2 Å². The molecule has 46 heavy (non-hydrogen) atoms. The first kappa shape index (κ1) is 34.8. The van der Waals surface area contributed by atoms with Crippen molar-refractivity contribution >= 4 is 17.8 Å². The van der Waals surface area contributed by atoms with Crippen LogP contribution in [0, 0.1) is 5.41 Å². The van der Waals surface area contributed by atoms with Crippen LogP contribution in [0.25, 0.3) is 5.69 Å². The lowest BCUT2D eigenvalue weighted by molar-refractivity contribution is -0.192. The quantitative estimate of drug-likeness (QED) is 0.0861. The third kappa shape index (κ3) is 8.95. The number of para-hydroxylation sites is 1. The van der Waals surface area contributed by atoms with Crippen LogP contribution in [0.2, 0.25) is 0 Å². The molecule has 244 valence electrons. The molecule has 0 bridgehead atoms. The molecule has 0 aliphatic rings. The number of hydrogen-bond donors (Lipinski definition) is 5. The molecule has 3 aromatic carbocycles. The fourth-order valence-electron chi connectivity index (χ4n) is 4.18. The highest BCUT2D eigenvalue weighted by molar-refractivity contribution is 5.94. The fourth-order valence-corrected chi connectivity index (χ4v) is 4.18. The van der Waals surface area contributed by atoms with Crippen LogP contribution in [-0.4, -0.2) is 76.4 Å². The first-order valence-electron chi connectivity index (χ1n) is 13.3. The zero-order chi connectivity index (χ0) is 34.0. The number of nitrogen functional groups attached to an aromatic ring is 1. The molecule has 0 saturated carbocycles. The number of nitrogens with two attached hydrogens (primary N) is 1. The Balaban J connectivity index is 0.000000738. The minimum atomic E-state index is -5.08. The minimum Gasteiger partial charge on any atom is -0.493 e. The van der Waals surface area contributed by atoms with Crippen molar-refractivity contribution in [1.29, 1.82) is 5.41 Å². The van der Waals surface area contributed by atoms with Gasteiger partial charge in [-0.25, -0.2) is 14.4 Å². The predicted octanol–water partition coefficient (Wildman–Crippen LogP) is 3.58. The number of carboxylic acids is 2. The van der Waals surface area contributed by atoms with Crippen molar-refractivity contribution in [2.45, 2.75) is 18.5 Å². The molecule has 1 heterocycles. The summed E-state index contributed by atoms with van der Waals surface area (Å²) in [4.78, 5) is 36.5. The van der Waals surface area contributed by atoms with Gasteiger partial charge in [0.05, 0.1) is 25.0 Å². The Hall–Kier alpha value is -5.64. The smallest absolute Gasteiger partial charge is 0.490 e. The van der Waals surface area contributed by atoms with Crippen molar-refractivity contribution in [3.63, 3.8) is 0 Å². The highest BCUT2D eigenvalue weighted by atomic mass is 19.4. The number of amidine groups is 1. The minimum absolute atomic E-state index is 0.0351. The summed E-state index contributed by atoms with van der Waals surface area (Å²) in [7, 11) is 3.13. The van der Waals surface area contributed by atoms with E-state index in [0.717, 1.165) is 15.8 Å². The number of nitrogens with one attached hydrogen (secondary N) is 2. The first-order chi connectivity index (χ1) is 21.8. The number of rotatable bonds is 12. The third-order valence-electron chi connectivity index (χ3n) is 6.41. The molecule has 0 fully saturated rings. The average Bonchev–Trinajstić information content (AvgIpc) is 3.41. The fraction of sp³-hybridized carbons (Fsp3) is 0.233. The molecule has 0 radical (unpaired) electrons. The number of benzene rings is 3. The van der Waals surface area contributed by atoms with Gasteiger partial charge in [-0.2, -0.15) is 17.9 Å². The molecular formula is C30H30F3N5O8. The molecule has 0 amide bonds. The van der Waals surface area contributed by atoms with Crippen molar-refractivity contribution in [1.82, 2.24) is 14.8 Å². The second-order valence-electron chi connectivity index (χ2n) is 9.47. The number of aliphatic carboxylic acids is 1. The number of methoxy groups -OCH3 is 2. The Morgan fingerprint density at radius 3 is 2.24 bits per heavy atom. The van der Waals surface area contributed by atoms with E-state index in [-0.39, 0.29) is 17.1 Å². The Bertz CT molecular complexity index is 1740. The van der Waals surface area contributed by atoms with Gasteiger partial charge in [0.1, 0.15) is 18.3 Å². The molecule has 1 aromatic heterocycles. The molecule has 0 saturated heterocycles. The number of ether oxygens (including phenoxy) is 3. The van der Waals surface area contributed by atoms with Crippen molar-refractivity contribution < 1.29 is 47.2 Å². The molecule has 16 heteroatoms. The van der Waals surface area contributed by atoms with Gasteiger partial charge in [-0.3, -0.25) is 10.4 Å². The van der Waals surface area contributed by atoms with Crippen molar-refractivity contribution in [2.24, 2.45) is 5.73 Å². The summed E-state index contributed by atoms with van der Waals surface area (Å²) >= 11 is 0. The van der Waals surface area contributed by atoms with E-state index in [1.165, 1.54) is 19.2 Å². The van der Waals surface area contributed by atoms with Gasteiger partial charge in [0.25, 0.3) is 0 Å². The number of carbonyl (C=O) groups is 2. The molecule has 0 aliphatic carbocycles. The summed E-state index contributed by atoms with van der Waals surface area (Å²) in [6.45, 7) is 0.763. The van der Waals surface area contributed by atoms with Crippen LogP contribution in [0.3, 0.4) is 0 Å². The number of hydrogen-bond acceptors (Lipinski definition) is 8. The largest absolute Gasteiger partial charge is 0.493 e. The molecule has 4 aromatic rings. The van der Waals surface area contributed by atoms with Gasteiger partial charge in [0.15, 0.2) is 11.5 Å². The summed E-state index contributed by atoms with van der Waals surface area (Å²) in [6, 6.07) is 18.9. The summed E-state index contributed by atoms with van der Waals surface area (Å²) < 4.78 is 49.2. The van der Waals surface area contributed by atoms with Gasteiger partial charge < -0.3 is 30.2 Å². The van der Waals surface area contributed by atoms with E-state index in [2.05, 4.69) is 10.1 Å². The lowest BCUT2D eigenvalue weighted by Crippen LogP contribution is -2.21. The summed E-state index contributed by atoms with van der Waals surface area (Å²) in [6.07, 6.45) is -4.65. The summed E-state index contributed by atoms with van der Waals surface area (Å²) in [5.41, 5.74) is 7.43. The lowest BCUT2D eigenvalue weighted by Gasteiger charge is -2.18. The van der Waals surface area contributed by atoms with Crippen molar-refractivity contribution in [3.05, 3.63) is 105 Å². The van der Waals surface area contributed by atoms with Crippen LogP contribution >= 0.6 is 0 Å². The van der Waals surface area contributed by atoms with E-state index in [9.17, 15) is 27.9 Å². The molecular weight excluding hydrogens is 615 g/mol. The number of carboxylic acid groups (broad SMARTS) is 2. The van der Waals surface area contributed by atoms with Crippen molar-refractivity contribution in [2.75, 3.05) is 27.4 Å². The standard InChI is InChI=1S/C28H29N5O6.C2HF3O2/c1-37-13-14-39-23-12-11-19(16-24(23)38-2)21(15-17-7-9-18(10-8-17)25(29)30)26-31-28(36)33(32-26)22-6-4-3-5-20(22)27(34)35;3-2(4,5)1(6)7/h3-12,16,21H,13-15H2,1-2H3,(H3,29,30)(H,34,35)(H,31,32,36);(H,6,7). The number of aromatic amines is 1. The normalized spacial score (nSPS) is 11.6. The topological polar surface area (TPSA) is 203 Å². The van der Waals surface area contributed by atoms with E-state index in [1.807, 2.05) is 24.3 Å². The van der Waals surface area contributed by atoms with Gasteiger partial charge in [-0.15, -0.1) is 5.10 Å². The maximum absolute atomic E-state index is 13.0. The van der Waals surface area contributed by atoms with E-state index in [1.54, 1.807) is 37.4 Å². The van der Waals surface area contributed by atoms with Gasteiger partial charge in [-0.05, 0) is 41.8 Å². The Morgan fingerprint density at radius 1 is 1.02 bits per heavy atom. The maximum Gasteiger partial charge on any atom is 0.490 e. The molecule has 6 N–H and O–H groups in total. The van der Waals surface area contributed by atoms with Crippen LogP contribution in [0.4, 0.5) is 13.2 Å². The van der Waals surface area contributed by atoms with Crippen LogP contribution in [0.15, 0.2) is 71.5 Å². The SMILES string of the molecule is COCCOc1ccc(C(Cc2ccc(C(=N)N)cc2)c2nn(-c3ccccc3C(=O)O)c(=O)[nH]2)cc1OC.O=C(O)C(F)(F)F. The van der Waals surface area contributed by atoms with Gasteiger partial charge in [0.2, 0.25) is 0 Å². The van der Waals surface area contributed by atoms with Crippen LogP contribution in [0.1, 0.15) is 38.8 Å². The van der Waals surface area contributed by atoms with Gasteiger partial charge >= 0.3 is 23.8 Å². The van der Waals surface area contributed by atoms with E-state index in [4.69, 9.17) is 35.3 Å². The molecule has 4 rings (SSSR count). The Morgan fingerprint density at radius 2 is 1.67 bits per heavy atom. The van der Waals surface area contributed by atoms with Gasteiger partial charge in [0, 0.05) is 18.6 Å². The summed E-state index contributed by atoms with van der Waals surface area (Å²) in [5.74, 6) is -3.03. The Kier molecular flexibility index (Phi) is 11.7. The number of nitrogens with zero attached hydrogens (tertiary/aromatic N) is 2. The monoisotopic (exact) mass is 645 g/mol. The number of halogens is 3. The predicted molar refractivity (Wildman–Crippen MR) is 158 cm³/mol. The summed E-state index contributed by atoms with van der Waals surface area (Å²) in [5, 5.41) is 28.9. The number of H-pyrrole nitrogens is 1. The van der Waals surface area contributed by atoms with Gasteiger partial charge in [-0.1, -0.05) is 42.5 Å². The highest BCUT2D eigenvalue weighted by Gasteiger charge is 2.38. The van der Waals surface area contributed by atoms with E-state index in [0.29, 0.717) is 42.5 Å². The van der Waals surface area contributed by atoms with E-state index < -0.39 is 29.7 Å². The lowest BCUT2D eigenvalue weighted by atomic mass is 9.90. The number of alkyl halides is 3. The number of aromatic carboxylic acids is 1. The molecule has 1 unspecified atom stereocenters. The zero-order valence-corrected chi connectivity index (χ0v) is 24.5. The molecule has 13 nitrogen and oxygen atoms in total. The van der Waals surface area contributed by atoms with Crippen LogP contribution in [0.5, 0.6) is 11.5 Å². The second-order valence-corrected chi connectivity index (χ2v) is 9.47. The first-order valence-corrected chi connectivity index (χ1v) is 13.3.